The van der Waals surface area contributed by atoms with E-state index < -0.39 is 65.0 Å². The molecule has 35 heavy (non-hydrogen) atoms. The molecule has 0 fully saturated rings. The van der Waals surface area contributed by atoms with Crippen molar-refractivity contribution in [2.45, 2.75) is 59.1 Å². The SMILES string of the molecule is O=C(O)C(F)(F)C(F)(F)C(F)(F)C(F)(F)C(F)(F)C(F)(F)C(F)(F)C(F)(F)C(F)(F)OC(F)(F)Cl. The van der Waals surface area contributed by atoms with Gasteiger partial charge in [-0.2, -0.15) is 87.8 Å². The van der Waals surface area contributed by atoms with Gasteiger partial charge in [0.15, 0.2) is 0 Å². The quantitative estimate of drug-likeness (QED) is 0.217. The highest BCUT2D eigenvalue weighted by molar-refractivity contribution is 6.20. The lowest BCUT2D eigenvalue weighted by Gasteiger charge is -2.43. The molecule has 0 aromatic heterocycles. The summed E-state index contributed by atoms with van der Waals surface area (Å²) in [6, 6.07) is 0. The number of hydrogen-bond donors (Lipinski definition) is 1. The van der Waals surface area contributed by atoms with Gasteiger partial charge in [0.25, 0.3) is 0 Å². The van der Waals surface area contributed by atoms with Crippen LogP contribution in [0.15, 0.2) is 0 Å². The second-order valence-corrected chi connectivity index (χ2v) is 6.40. The van der Waals surface area contributed by atoms with E-state index >= 15 is 0 Å². The zero-order valence-electron chi connectivity index (χ0n) is 14.7. The Morgan fingerprint density at radius 3 is 0.943 bits per heavy atom. The lowest BCUT2D eigenvalue weighted by atomic mass is 9.87. The number of hydrogen-bond acceptors (Lipinski definition) is 2. The normalized spacial score (nSPS) is 16.5. The fourth-order valence-electron chi connectivity index (χ4n) is 1.71. The summed E-state index contributed by atoms with van der Waals surface area (Å²) in [7, 11) is 0. The van der Waals surface area contributed by atoms with Gasteiger partial charge in [0.2, 0.25) is 0 Å². The smallest absolute Gasteiger partial charge is 0.445 e. The topological polar surface area (TPSA) is 46.5 Å². The van der Waals surface area contributed by atoms with E-state index in [2.05, 4.69) is 11.6 Å². The number of ether oxygens (including phenoxy) is 1. The first-order valence-corrected chi connectivity index (χ1v) is 7.43. The molecule has 0 aromatic rings. The van der Waals surface area contributed by atoms with Gasteiger partial charge in [-0.3, -0.25) is 0 Å². The fourth-order valence-corrected chi connectivity index (χ4v) is 1.81. The zero-order chi connectivity index (χ0) is 29.3. The number of halogens is 21. The van der Waals surface area contributed by atoms with Crippen LogP contribution in [-0.4, -0.2) is 70.1 Å². The number of alkyl halides is 21. The van der Waals surface area contributed by atoms with E-state index in [-0.39, 0.29) is 0 Å². The average Bonchev–Trinajstić information content (AvgIpc) is 2.57. The Morgan fingerprint density at radius 1 is 0.486 bits per heavy atom. The second kappa shape index (κ2) is 8.16. The van der Waals surface area contributed by atoms with E-state index in [1.54, 1.807) is 0 Å². The van der Waals surface area contributed by atoms with Crippen molar-refractivity contribution in [1.29, 1.82) is 0 Å². The molecule has 210 valence electrons. The van der Waals surface area contributed by atoms with Gasteiger partial charge in [-0.1, -0.05) is 0 Å². The highest BCUT2D eigenvalue weighted by Crippen LogP contribution is 2.65. The first kappa shape index (κ1) is 33.3. The van der Waals surface area contributed by atoms with Crippen LogP contribution in [0, 0.1) is 0 Å². The largest absolute Gasteiger partial charge is 0.477 e. The fraction of sp³-hybridized carbons (Fsp3) is 0.909. The van der Waals surface area contributed by atoms with Gasteiger partial charge in [-0.15, -0.1) is 0 Å². The molecule has 1 N–H and O–H groups in total. The highest BCUT2D eigenvalue weighted by atomic mass is 35.5. The molecule has 0 aliphatic heterocycles. The van der Waals surface area contributed by atoms with Crippen LogP contribution >= 0.6 is 11.6 Å². The van der Waals surface area contributed by atoms with E-state index in [9.17, 15) is 92.6 Å². The van der Waals surface area contributed by atoms with Crippen LogP contribution in [0.1, 0.15) is 0 Å². The monoisotopic (exact) mass is 596 g/mol. The van der Waals surface area contributed by atoms with Gasteiger partial charge in [0.1, 0.15) is 0 Å². The molecule has 0 atom stereocenters. The van der Waals surface area contributed by atoms with Crippen LogP contribution < -0.4 is 0 Å². The number of rotatable bonds is 11. The summed E-state index contributed by atoms with van der Waals surface area (Å²) < 4.78 is 262. The third-order valence-electron chi connectivity index (χ3n) is 3.64. The summed E-state index contributed by atoms with van der Waals surface area (Å²) in [5.41, 5.74) is -6.22. The van der Waals surface area contributed by atoms with Gasteiger partial charge in [-0.25, -0.2) is 9.53 Å². The van der Waals surface area contributed by atoms with Crippen LogP contribution in [-0.2, 0) is 9.53 Å². The highest BCUT2D eigenvalue weighted by Gasteiger charge is 2.97. The van der Waals surface area contributed by atoms with E-state index in [1.807, 2.05) is 0 Å². The van der Waals surface area contributed by atoms with Crippen molar-refractivity contribution >= 4 is 17.6 Å². The summed E-state index contributed by atoms with van der Waals surface area (Å²) in [6.45, 7) is 0. The number of carboxylic acids is 1. The molecule has 0 amide bonds. The molecular formula is C11HClF20O3. The van der Waals surface area contributed by atoms with Crippen molar-refractivity contribution in [3.63, 3.8) is 0 Å². The Labute approximate surface area is 180 Å². The molecule has 0 heterocycles. The van der Waals surface area contributed by atoms with Crippen LogP contribution in [0.4, 0.5) is 87.8 Å². The van der Waals surface area contributed by atoms with Gasteiger partial charge in [0.05, 0.1) is 0 Å². The van der Waals surface area contributed by atoms with Gasteiger partial charge < -0.3 is 5.11 Å². The minimum Gasteiger partial charge on any atom is -0.477 e. The maximum absolute atomic E-state index is 13.4. The molecule has 24 heteroatoms. The minimum absolute atomic E-state index is 1.43. The Balaban J connectivity index is 7.01. The molecule has 3 nitrogen and oxygen atoms in total. The van der Waals surface area contributed by atoms with Crippen molar-refractivity contribution in [1.82, 2.24) is 0 Å². The third kappa shape index (κ3) is 4.38. The van der Waals surface area contributed by atoms with Crippen molar-refractivity contribution < 1.29 is 102 Å². The third-order valence-corrected chi connectivity index (χ3v) is 3.72. The molecule has 0 radical (unpaired) electrons. The average molecular weight is 597 g/mol. The van der Waals surface area contributed by atoms with Gasteiger partial charge in [-0.05, 0) is 11.6 Å². The van der Waals surface area contributed by atoms with Crippen molar-refractivity contribution in [2.24, 2.45) is 0 Å². The molecule has 0 rings (SSSR count). The summed E-state index contributed by atoms with van der Waals surface area (Å²) in [4.78, 5) is 9.87. The predicted molar refractivity (Wildman–Crippen MR) is 64.0 cm³/mol. The van der Waals surface area contributed by atoms with Crippen LogP contribution in [0.5, 0.6) is 0 Å². The van der Waals surface area contributed by atoms with Gasteiger partial charge in [0, 0.05) is 0 Å². The Morgan fingerprint density at radius 2 is 0.714 bits per heavy atom. The predicted octanol–water partition coefficient (Wildman–Crippen LogP) is 6.55. The Hall–Kier alpha value is -1.68. The van der Waals surface area contributed by atoms with E-state index in [4.69, 9.17) is 5.11 Å². The van der Waals surface area contributed by atoms with Gasteiger partial charge >= 0.3 is 65.0 Å². The first-order chi connectivity index (χ1) is 14.7. The molecule has 0 saturated heterocycles. The van der Waals surface area contributed by atoms with Crippen molar-refractivity contribution in [3.05, 3.63) is 0 Å². The van der Waals surface area contributed by atoms with E-state index in [0.29, 0.717) is 0 Å². The van der Waals surface area contributed by atoms with Crippen LogP contribution in [0.25, 0.3) is 0 Å². The summed E-state index contributed by atoms with van der Waals surface area (Å²) in [5, 5.41) is 7.65. The first-order valence-electron chi connectivity index (χ1n) is 7.05. The molecular weight excluding hydrogens is 596 g/mol. The molecule has 0 bridgehead atoms. The molecule has 0 unspecified atom stereocenters. The molecule has 0 aliphatic carbocycles. The summed E-state index contributed by atoms with van der Waals surface area (Å²) in [6.07, 6.45) is -7.85. The second-order valence-electron chi connectivity index (χ2n) is 5.96. The molecule has 0 aromatic carbocycles. The zero-order valence-corrected chi connectivity index (χ0v) is 15.5. The van der Waals surface area contributed by atoms with E-state index in [1.165, 1.54) is 4.74 Å². The standard InChI is InChI=1S/C11HClF20O3/c12-11(31,32)35-10(29,30)9(27,28)8(25,26)7(23,24)6(21,22)5(19,20)4(17,18)3(15,16)2(13,14)1(33)34/h(H,33,34). The molecule has 0 saturated carbocycles. The van der Waals surface area contributed by atoms with Crippen molar-refractivity contribution in [2.75, 3.05) is 0 Å². The Bertz CT molecular complexity index is 814. The van der Waals surface area contributed by atoms with E-state index in [0.717, 1.165) is 0 Å². The molecule has 0 spiro atoms. The molecule has 0 aliphatic rings. The lowest BCUT2D eigenvalue weighted by Crippen LogP contribution is -2.76. The maximum Gasteiger partial charge on any atom is 0.445 e. The number of carboxylic acid groups (broad SMARTS) is 1. The van der Waals surface area contributed by atoms with Crippen molar-refractivity contribution in [3.8, 4) is 0 Å². The maximum atomic E-state index is 13.4. The number of aliphatic carboxylic acids is 1. The minimum atomic E-state index is -9.19. The number of carbonyl (C=O) groups is 1. The summed E-state index contributed by atoms with van der Waals surface area (Å²) >= 11 is 3.46. The Kier molecular flexibility index (Phi) is 7.77. The van der Waals surface area contributed by atoms with Crippen LogP contribution in [0.2, 0.25) is 0 Å². The van der Waals surface area contributed by atoms with Crippen LogP contribution in [0.3, 0.4) is 0 Å². The lowest BCUT2D eigenvalue weighted by molar-refractivity contribution is -0.489. The summed E-state index contributed by atoms with van der Waals surface area (Å²) in [5.74, 6) is -74.3.